The Balaban J connectivity index is 1.43. The van der Waals surface area contributed by atoms with Crippen LogP contribution in [-0.4, -0.2) is 35.8 Å². The van der Waals surface area contributed by atoms with E-state index in [1.54, 1.807) is 12.4 Å². The van der Waals surface area contributed by atoms with E-state index in [1.807, 2.05) is 12.1 Å². The predicted molar refractivity (Wildman–Crippen MR) is 84.0 cm³/mol. The Labute approximate surface area is 127 Å². The lowest BCUT2D eigenvalue weighted by Crippen LogP contribution is -2.43. The van der Waals surface area contributed by atoms with Crippen molar-refractivity contribution in [2.45, 2.75) is 50.7 Å². The number of piperidine rings is 1. The molecule has 0 radical (unpaired) electrons. The van der Waals surface area contributed by atoms with Crippen molar-refractivity contribution >= 4 is 0 Å². The fraction of sp³-hybridized carbons (Fsp3) is 0.706. The van der Waals surface area contributed by atoms with Crippen molar-refractivity contribution in [2.75, 3.05) is 19.6 Å². The second-order valence-corrected chi connectivity index (χ2v) is 6.73. The zero-order chi connectivity index (χ0) is 14.5. The molecule has 1 atom stereocenters. The average molecular weight is 289 g/mol. The third-order valence-electron chi connectivity index (χ3n) is 5.38. The highest BCUT2D eigenvalue weighted by Crippen LogP contribution is 2.43. The van der Waals surface area contributed by atoms with Crippen LogP contribution < -0.4 is 10.6 Å². The highest BCUT2D eigenvalue weighted by molar-refractivity contribution is 5.12. The first-order chi connectivity index (χ1) is 10.3. The van der Waals surface area contributed by atoms with Crippen LogP contribution >= 0.6 is 0 Å². The van der Waals surface area contributed by atoms with Gasteiger partial charge in [0.2, 0.25) is 0 Å². The second-order valence-electron chi connectivity index (χ2n) is 6.73. The van der Waals surface area contributed by atoms with Gasteiger partial charge >= 0.3 is 0 Å². The van der Waals surface area contributed by atoms with Crippen molar-refractivity contribution in [3.63, 3.8) is 0 Å². The maximum atomic E-state index is 10.2. The van der Waals surface area contributed by atoms with Gasteiger partial charge in [0.15, 0.2) is 0 Å². The van der Waals surface area contributed by atoms with Crippen molar-refractivity contribution in [2.24, 2.45) is 5.41 Å². The molecule has 1 aromatic heterocycles. The first-order valence-corrected chi connectivity index (χ1v) is 8.30. The quantitative estimate of drug-likeness (QED) is 0.794. The standard InChI is InChI=1S/C17H27N3O/c21-16(14-2-1-9-19-12-14)13-20-15-3-5-17(6-4-15)7-10-18-11-8-17/h1-2,9,12,15-16,18,20-21H,3-8,10-11,13H2/t16-/m1/s1. The molecule has 1 aromatic rings. The van der Waals surface area contributed by atoms with Crippen LogP contribution in [0.25, 0.3) is 0 Å². The van der Waals surface area contributed by atoms with Crippen molar-refractivity contribution < 1.29 is 5.11 Å². The Morgan fingerprint density at radius 3 is 2.71 bits per heavy atom. The summed E-state index contributed by atoms with van der Waals surface area (Å²) < 4.78 is 0. The lowest BCUT2D eigenvalue weighted by molar-refractivity contribution is 0.107. The highest BCUT2D eigenvalue weighted by Gasteiger charge is 2.35. The molecule has 0 bridgehead atoms. The minimum absolute atomic E-state index is 0.450. The fourth-order valence-corrected chi connectivity index (χ4v) is 3.86. The van der Waals surface area contributed by atoms with E-state index in [0.717, 1.165) is 5.56 Å². The minimum atomic E-state index is -0.450. The van der Waals surface area contributed by atoms with E-state index in [9.17, 15) is 5.11 Å². The molecule has 3 rings (SSSR count). The number of aromatic nitrogens is 1. The molecule has 2 aliphatic rings. The normalized spacial score (nSPS) is 24.0. The summed E-state index contributed by atoms with van der Waals surface area (Å²) >= 11 is 0. The van der Waals surface area contributed by atoms with E-state index in [-0.39, 0.29) is 0 Å². The molecule has 3 N–H and O–H groups in total. The Bertz CT molecular complexity index is 421. The molecule has 116 valence electrons. The average Bonchev–Trinajstić information content (AvgIpc) is 2.56. The van der Waals surface area contributed by atoms with E-state index in [4.69, 9.17) is 0 Å². The Morgan fingerprint density at radius 2 is 2.05 bits per heavy atom. The van der Waals surface area contributed by atoms with Gasteiger partial charge in [0, 0.05) is 30.5 Å². The maximum Gasteiger partial charge on any atom is 0.0929 e. The number of aliphatic hydroxyl groups is 1. The molecular formula is C17H27N3O. The fourth-order valence-electron chi connectivity index (χ4n) is 3.86. The molecule has 1 saturated heterocycles. The molecule has 4 nitrogen and oxygen atoms in total. The molecule has 1 saturated carbocycles. The summed E-state index contributed by atoms with van der Waals surface area (Å²) in [4.78, 5) is 4.06. The van der Waals surface area contributed by atoms with Gasteiger partial charge in [-0.2, -0.15) is 0 Å². The van der Waals surface area contributed by atoms with Crippen LogP contribution in [-0.2, 0) is 0 Å². The van der Waals surface area contributed by atoms with E-state index in [1.165, 1.54) is 51.6 Å². The molecule has 2 heterocycles. The van der Waals surface area contributed by atoms with Gasteiger partial charge in [-0.25, -0.2) is 0 Å². The molecule has 1 aliphatic carbocycles. The second kappa shape index (κ2) is 6.86. The largest absolute Gasteiger partial charge is 0.387 e. The van der Waals surface area contributed by atoms with Crippen LogP contribution in [0.5, 0.6) is 0 Å². The van der Waals surface area contributed by atoms with Gasteiger partial charge in [-0.3, -0.25) is 4.98 Å². The summed E-state index contributed by atoms with van der Waals surface area (Å²) in [5.74, 6) is 0. The summed E-state index contributed by atoms with van der Waals surface area (Å²) in [6.07, 6.45) is 10.9. The molecule has 0 amide bonds. The van der Waals surface area contributed by atoms with Crippen LogP contribution in [0.4, 0.5) is 0 Å². The van der Waals surface area contributed by atoms with Gasteiger partial charge in [0.1, 0.15) is 0 Å². The third-order valence-corrected chi connectivity index (χ3v) is 5.38. The Kier molecular flexibility index (Phi) is 4.88. The molecule has 2 fully saturated rings. The topological polar surface area (TPSA) is 57.2 Å². The summed E-state index contributed by atoms with van der Waals surface area (Å²) in [6.45, 7) is 3.01. The van der Waals surface area contributed by atoms with Crippen LogP contribution in [0.2, 0.25) is 0 Å². The summed E-state index contributed by atoms with van der Waals surface area (Å²) in [7, 11) is 0. The number of pyridine rings is 1. The SMILES string of the molecule is O[C@H](CNC1CCC2(CCNCC2)CC1)c1cccnc1. The van der Waals surface area contributed by atoms with Crippen LogP contribution in [0.3, 0.4) is 0 Å². The van der Waals surface area contributed by atoms with Crippen molar-refractivity contribution in [1.29, 1.82) is 0 Å². The Hall–Kier alpha value is -0.970. The summed E-state index contributed by atoms with van der Waals surface area (Å²) in [6, 6.07) is 4.38. The van der Waals surface area contributed by atoms with E-state index < -0.39 is 6.10 Å². The molecule has 1 aliphatic heterocycles. The zero-order valence-electron chi connectivity index (χ0n) is 12.7. The lowest BCUT2D eigenvalue weighted by atomic mass is 9.67. The van der Waals surface area contributed by atoms with E-state index >= 15 is 0 Å². The molecular weight excluding hydrogens is 262 g/mol. The number of nitrogens with one attached hydrogen (secondary N) is 2. The highest BCUT2D eigenvalue weighted by atomic mass is 16.3. The molecule has 21 heavy (non-hydrogen) atoms. The summed E-state index contributed by atoms with van der Waals surface area (Å²) in [5, 5.41) is 17.2. The lowest BCUT2D eigenvalue weighted by Gasteiger charge is -2.43. The number of rotatable bonds is 4. The maximum absolute atomic E-state index is 10.2. The molecule has 0 aromatic carbocycles. The number of hydrogen-bond donors (Lipinski definition) is 3. The first kappa shape index (κ1) is 14.9. The zero-order valence-corrected chi connectivity index (χ0v) is 12.7. The number of nitrogens with zero attached hydrogens (tertiary/aromatic N) is 1. The number of hydrogen-bond acceptors (Lipinski definition) is 4. The third kappa shape index (κ3) is 3.82. The van der Waals surface area contributed by atoms with Crippen LogP contribution in [0, 0.1) is 5.41 Å². The minimum Gasteiger partial charge on any atom is -0.387 e. The van der Waals surface area contributed by atoms with Crippen molar-refractivity contribution in [1.82, 2.24) is 15.6 Å². The van der Waals surface area contributed by atoms with Gasteiger partial charge in [0.05, 0.1) is 6.10 Å². The van der Waals surface area contributed by atoms with Crippen LogP contribution in [0.15, 0.2) is 24.5 Å². The molecule has 1 spiro atoms. The van der Waals surface area contributed by atoms with Gasteiger partial charge in [-0.15, -0.1) is 0 Å². The van der Waals surface area contributed by atoms with Crippen molar-refractivity contribution in [3.05, 3.63) is 30.1 Å². The number of aliphatic hydroxyl groups excluding tert-OH is 1. The molecule has 0 unspecified atom stereocenters. The van der Waals surface area contributed by atoms with Gasteiger partial charge < -0.3 is 15.7 Å². The summed E-state index contributed by atoms with van der Waals surface area (Å²) in [5.41, 5.74) is 1.52. The van der Waals surface area contributed by atoms with Crippen LogP contribution in [0.1, 0.15) is 50.2 Å². The van der Waals surface area contributed by atoms with Gasteiger partial charge in [-0.1, -0.05) is 6.07 Å². The smallest absolute Gasteiger partial charge is 0.0929 e. The predicted octanol–water partition coefficient (Wildman–Crippen LogP) is 2.02. The van der Waals surface area contributed by atoms with E-state index in [2.05, 4.69) is 15.6 Å². The van der Waals surface area contributed by atoms with Crippen molar-refractivity contribution in [3.8, 4) is 0 Å². The monoisotopic (exact) mass is 289 g/mol. The Morgan fingerprint density at radius 1 is 1.29 bits per heavy atom. The first-order valence-electron chi connectivity index (χ1n) is 8.30. The molecule has 4 heteroatoms. The van der Waals surface area contributed by atoms with Gasteiger partial charge in [-0.05, 0) is 63.1 Å². The van der Waals surface area contributed by atoms with E-state index in [0.29, 0.717) is 18.0 Å². The van der Waals surface area contributed by atoms with Gasteiger partial charge in [0.25, 0.3) is 0 Å².